The molecule has 0 aliphatic rings. The van der Waals surface area contributed by atoms with E-state index in [1.807, 2.05) is 62.4 Å². The highest BCUT2D eigenvalue weighted by Gasteiger charge is 2.14. The van der Waals surface area contributed by atoms with E-state index in [4.69, 9.17) is 4.74 Å². The SMILES string of the molecule is Cc1cccc(NCC(C)C(=O)OCc2ccccc2)c1. The molecule has 0 bridgehead atoms. The Hall–Kier alpha value is -2.29. The van der Waals surface area contributed by atoms with E-state index in [1.54, 1.807) is 0 Å². The van der Waals surface area contributed by atoms with Crippen LogP contribution in [0.15, 0.2) is 54.6 Å². The van der Waals surface area contributed by atoms with Gasteiger partial charge in [0.25, 0.3) is 0 Å². The number of carbonyl (C=O) groups is 1. The van der Waals surface area contributed by atoms with Crippen LogP contribution in [-0.4, -0.2) is 12.5 Å². The zero-order valence-electron chi connectivity index (χ0n) is 12.5. The third-order valence-corrected chi connectivity index (χ3v) is 3.26. The standard InChI is InChI=1S/C18H21NO2/c1-14-7-6-10-17(11-14)19-12-15(2)18(20)21-13-16-8-4-3-5-9-16/h3-11,15,19H,12-13H2,1-2H3. The number of rotatable bonds is 6. The Bertz CT molecular complexity index is 581. The highest BCUT2D eigenvalue weighted by atomic mass is 16.5. The summed E-state index contributed by atoms with van der Waals surface area (Å²) in [6.07, 6.45) is 0. The summed E-state index contributed by atoms with van der Waals surface area (Å²) in [4.78, 5) is 11.9. The maximum atomic E-state index is 11.9. The van der Waals surface area contributed by atoms with Gasteiger partial charge in [0.2, 0.25) is 0 Å². The summed E-state index contributed by atoms with van der Waals surface area (Å²) < 4.78 is 5.32. The van der Waals surface area contributed by atoms with Crippen molar-refractivity contribution in [3.63, 3.8) is 0 Å². The topological polar surface area (TPSA) is 38.3 Å². The number of benzene rings is 2. The fourth-order valence-corrected chi connectivity index (χ4v) is 1.98. The molecule has 21 heavy (non-hydrogen) atoms. The molecule has 1 atom stereocenters. The Morgan fingerprint density at radius 2 is 1.90 bits per heavy atom. The summed E-state index contributed by atoms with van der Waals surface area (Å²) in [6.45, 7) is 4.81. The minimum Gasteiger partial charge on any atom is -0.461 e. The summed E-state index contributed by atoms with van der Waals surface area (Å²) in [5.41, 5.74) is 3.22. The quantitative estimate of drug-likeness (QED) is 0.820. The molecular formula is C18H21NO2. The molecule has 2 aromatic carbocycles. The van der Waals surface area contributed by atoms with E-state index in [-0.39, 0.29) is 11.9 Å². The number of aryl methyl sites for hydroxylation is 1. The fourth-order valence-electron chi connectivity index (χ4n) is 1.98. The maximum absolute atomic E-state index is 11.9. The van der Waals surface area contributed by atoms with Gasteiger partial charge >= 0.3 is 5.97 Å². The van der Waals surface area contributed by atoms with Crippen molar-refractivity contribution in [3.8, 4) is 0 Å². The summed E-state index contributed by atoms with van der Waals surface area (Å²) in [7, 11) is 0. The molecule has 0 aromatic heterocycles. The first kappa shape index (κ1) is 15.1. The molecular weight excluding hydrogens is 262 g/mol. The second-order valence-electron chi connectivity index (χ2n) is 5.24. The van der Waals surface area contributed by atoms with E-state index >= 15 is 0 Å². The molecule has 0 heterocycles. The van der Waals surface area contributed by atoms with Crippen LogP contribution in [0.25, 0.3) is 0 Å². The molecule has 0 saturated carbocycles. The molecule has 3 heteroatoms. The molecule has 3 nitrogen and oxygen atoms in total. The first-order valence-corrected chi connectivity index (χ1v) is 7.16. The van der Waals surface area contributed by atoms with Crippen molar-refractivity contribution in [1.82, 2.24) is 0 Å². The average Bonchev–Trinajstić information content (AvgIpc) is 2.51. The number of ether oxygens (including phenoxy) is 1. The van der Waals surface area contributed by atoms with E-state index in [2.05, 4.69) is 11.4 Å². The normalized spacial score (nSPS) is 11.7. The van der Waals surface area contributed by atoms with Crippen LogP contribution in [0, 0.1) is 12.8 Å². The summed E-state index contributed by atoms with van der Waals surface area (Å²) >= 11 is 0. The van der Waals surface area contributed by atoms with Gasteiger partial charge in [-0.2, -0.15) is 0 Å². The predicted octanol–water partition coefficient (Wildman–Crippen LogP) is 3.79. The van der Waals surface area contributed by atoms with Crippen LogP contribution in [0.5, 0.6) is 0 Å². The first-order valence-electron chi connectivity index (χ1n) is 7.16. The lowest BCUT2D eigenvalue weighted by atomic mass is 10.1. The highest BCUT2D eigenvalue weighted by Crippen LogP contribution is 2.11. The van der Waals surface area contributed by atoms with Crippen molar-refractivity contribution in [1.29, 1.82) is 0 Å². The van der Waals surface area contributed by atoms with Gasteiger partial charge in [0.1, 0.15) is 6.61 Å². The van der Waals surface area contributed by atoms with Gasteiger partial charge in [-0.15, -0.1) is 0 Å². The molecule has 0 amide bonds. The molecule has 0 radical (unpaired) electrons. The average molecular weight is 283 g/mol. The minimum absolute atomic E-state index is 0.181. The van der Waals surface area contributed by atoms with Crippen molar-refractivity contribution in [2.45, 2.75) is 20.5 Å². The number of hydrogen-bond acceptors (Lipinski definition) is 3. The van der Waals surface area contributed by atoms with E-state index in [1.165, 1.54) is 5.56 Å². The lowest BCUT2D eigenvalue weighted by Gasteiger charge is -2.13. The van der Waals surface area contributed by atoms with Gasteiger partial charge in [0.15, 0.2) is 0 Å². The van der Waals surface area contributed by atoms with Gasteiger partial charge in [-0.3, -0.25) is 4.79 Å². The van der Waals surface area contributed by atoms with Crippen LogP contribution in [0.4, 0.5) is 5.69 Å². The molecule has 1 unspecified atom stereocenters. The Labute approximate surface area is 126 Å². The number of carbonyl (C=O) groups excluding carboxylic acids is 1. The van der Waals surface area contributed by atoms with Gasteiger partial charge in [-0.1, -0.05) is 49.4 Å². The molecule has 110 valence electrons. The second kappa shape index (κ2) is 7.48. The van der Waals surface area contributed by atoms with Crippen molar-refractivity contribution in [3.05, 3.63) is 65.7 Å². The predicted molar refractivity (Wildman–Crippen MR) is 85.1 cm³/mol. The van der Waals surface area contributed by atoms with E-state index in [0.29, 0.717) is 13.2 Å². The van der Waals surface area contributed by atoms with Crippen LogP contribution < -0.4 is 5.32 Å². The van der Waals surface area contributed by atoms with Crippen molar-refractivity contribution in [2.75, 3.05) is 11.9 Å². The van der Waals surface area contributed by atoms with Gasteiger partial charge in [0, 0.05) is 12.2 Å². The summed E-state index contributed by atoms with van der Waals surface area (Å²) in [5.74, 6) is -0.367. The maximum Gasteiger partial charge on any atom is 0.310 e. The van der Waals surface area contributed by atoms with E-state index in [9.17, 15) is 4.79 Å². The van der Waals surface area contributed by atoms with Gasteiger partial charge < -0.3 is 10.1 Å². The van der Waals surface area contributed by atoms with E-state index < -0.39 is 0 Å². The van der Waals surface area contributed by atoms with Crippen LogP contribution in [0.3, 0.4) is 0 Å². The monoisotopic (exact) mass is 283 g/mol. The van der Waals surface area contributed by atoms with E-state index in [0.717, 1.165) is 11.3 Å². The fraction of sp³-hybridized carbons (Fsp3) is 0.278. The smallest absolute Gasteiger partial charge is 0.310 e. The molecule has 0 spiro atoms. The van der Waals surface area contributed by atoms with Crippen LogP contribution in [-0.2, 0) is 16.1 Å². The molecule has 0 saturated heterocycles. The zero-order valence-corrected chi connectivity index (χ0v) is 12.5. The minimum atomic E-state index is -0.186. The largest absolute Gasteiger partial charge is 0.461 e. The highest BCUT2D eigenvalue weighted by molar-refractivity contribution is 5.72. The molecule has 2 rings (SSSR count). The third-order valence-electron chi connectivity index (χ3n) is 3.26. The molecule has 0 aliphatic heterocycles. The van der Waals surface area contributed by atoms with Crippen LogP contribution >= 0.6 is 0 Å². The zero-order chi connectivity index (χ0) is 15.1. The Balaban J connectivity index is 1.77. The van der Waals surface area contributed by atoms with Crippen LogP contribution in [0.1, 0.15) is 18.1 Å². The van der Waals surface area contributed by atoms with Crippen molar-refractivity contribution < 1.29 is 9.53 Å². The Morgan fingerprint density at radius 3 is 2.62 bits per heavy atom. The van der Waals surface area contributed by atoms with Crippen molar-refractivity contribution in [2.24, 2.45) is 5.92 Å². The third kappa shape index (κ3) is 4.95. The first-order chi connectivity index (χ1) is 10.1. The Morgan fingerprint density at radius 1 is 1.14 bits per heavy atom. The lowest BCUT2D eigenvalue weighted by molar-refractivity contribution is -0.148. The molecule has 0 fully saturated rings. The Kier molecular flexibility index (Phi) is 5.38. The van der Waals surface area contributed by atoms with Gasteiger partial charge in [0.05, 0.1) is 5.92 Å². The van der Waals surface area contributed by atoms with Crippen LogP contribution in [0.2, 0.25) is 0 Å². The summed E-state index contributed by atoms with van der Waals surface area (Å²) in [5, 5.41) is 3.26. The number of anilines is 1. The number of hydrogen-bond donors (Lipinski definition) is 1. The number of nitrogens with one attached hydrogen (secondary N) is 1. The second-order valence-corrected chi connectivity index (χ2v) is 5.24. The summed E-state index contributed by atoms with van der Waals surface area (Å²) in [6, 6.07) is 17.8. The molecule has 0 aliphatic carbocycles. The molecule has 1 N–H and O–H groups in total. The molecule has 2 aromatic rings. The van der Waals surface area contributed by atoms with Crippen molar-refractivity contribution >= 4 is 11.7 Å². The van der Waals surface area contributed by atoms with Gasteiger partial charge in [-0.05, 0) is 30.2 Å². The lowest BCUT2D eigenvalue weighted by Crippen LogP contribution is -2.22. The van der Waals surface area contributed by atoms with Gasteiger partial charge in [-0.25, -0.2) is 0 Å². The number of esters is 1.